The molecule has 0 aromatic heterocycles. The molecule has 0 N–H and O–H groups in total. The van der Waals surface area contributed by atoms with E-state index in [0.29, 0.717) is 71.4 Å². The van der Waals surface area contributed by atoms with Crippen LogP contribution in [0.4, 0.5) is 0 Å². The predicted octanol–water partition coefficient (Wildman–Crippen LogP) is 1.84. The van der Waals surface area contributed by atoms with Crippen molar-refractivity contribution in [1.29, 1.82) is 0 Å². The van der Waals surface area contributed by atoms with E-state index in [1.807, 2.05) is 6.92 Å². The lowest BCUT2D eigenvalue weighted by molar-refractivity contribution is -0.145. The highest BCUT2D eigenvalue weighted by molar-refractivity contribution is 6.40. The van der Waals surface area contributed by atoms with E-state index in [-0.39, 0.29) is 25.8 Å². The molecule has 0 aliphatic rings. The van der Waals surface area contributed by atoms with Crippen LogP contribution < -0.4 is 0 Å². The van der Waals surface area contributed by atoms with Crippen molar-refractivity contribution in [3.05, 3.63) is 35.9 Å². The van der Waals surface area contributed by atoms with Gasteiger partial charge in [-0.05, 0) is 6.42 Å². The maximum atomic E-state index is 11.8. The average molecular weight is 485 g/mol. The Bertz CT molecular complexity index is 665. The van der Waals surface area contributed by atoms with E-state index in [9.17, 15) is 14.4 Å². The molecule has 34 heavy (non-hydrogen) atoms. The highest BCUT2D eigenvalue weighted by atomic mass is 16.6. The number of carbonyl (C=O) groups is 3. The zero-order valence-electron chi connectivity index (χ0n) is 19.9. The van der Waals surface area contributed by atoms with E-state index < -0.39 is 11.8 Å². The molecule has 0 amide bonds. The fourth-order valence-electron chi connectivity index (χ4n) is 2.44. The van der Waals surface area contributed by atoms with Crippen molar-refractivity contribution in [2.24, 2.45) is 0 Å². The summed E-state index contributed by atoms with van der Waals surface area (Å²) in [5.74, 6) is -1.78. The van der Waals surface area contributed by atoms with Crippen LogP contribution in [0.25, 0.3) is 0 Å². The largest absolute Gasteiger partial charge is 0.463 e. The van der Waals surface area contributed by atoms with Crippen LogP contribution in [-0.4, -0.2) is 97.0 Å². The normalized spacial score (nSPS) is 10.7. The van der Waals surface area contributed by atoms with E-state index in [1.165, 1.54) is 0 Å². The summed E-state index contributed by atoms with van der Waals surface area (Å²) < 4.78 is 36.5. The topological polar surface area (TPSA) is 116 Å². The van der Waals surface area contributed by atoms with Crippen LogP contribution in [0.5, 0.6) is 0 Å². The summed E-state index contributed by atoms with van der Waals surface area (Å²) in [7, 11) is 0. The first kappa shape index (κ1) is 29.7. The molecule has 0 spiro atoms. The van der Waals surface area contributed by atoms with Crippen LogP contribution in [0, 0.1) is 0 Å². The van der Waals surface area contributed by atoms with Crippen molar-refractivity contribution in [2.75, 3.05) is 79.3 Å². The smallest absolute Gasteiger partial charge is 0.379 e. The Kier molecular flexibility index (Phi) is 18.5. The third-order valence-corrected chi connectivity index (χ3v) is 4.12. The van der Waals surface area contributed by atoms with Gasteiger partial charge in [-0.3, -0.25) is 9.59 Å². The minimum Gasteiger partial charge on any atom is -0.463 e. The van der Waals surface area contributed by atoms with Gasteiger partial charge in [0.1, 0.15) is 13.2 Å². The number of ether oxygens (including phenoxy) is 7. The maximum Gasteiger partial charge on any atom is 0.379 e. The van der Waals surface area contributed by atoms with Crippen LogP contribution in [0.3, 0.4) is 0 Å². The Balaban J connectivity index is 1.77. The number of ketones is 1. The molecule has 1 aromatic rings. The second kappa shape index (κ2) is 21.2. The van der Waals surface area contributed by atoms with E-state index in [0.717, 1.165) is 6.42 Å². The second-order valence-corrected chi connectivity index (χ2v) is 6.86. The van der Waals surface area contributed by atoms with Gasteiger partial charge in [-0.2, -0.15) is 0 Å². The van der Waals surface area contributed by atoms with Crippen molar-refractivity contribution in [3.63, 3.8) is 0 Å². The third kappa shape index (κ3) is 16.3. The summed E-state index contributed by atoms with van der Waals surface area (Å²) in [5.41, 5.74) is 0.295. The molecule has 192 valence electrons. The molecule has 10 nitrogen and oxygen atoms in total. The number of esters is 2. The minimum atomic E-state index is -0.898. The van der Waals surface area contributed by atoms with E-state index in [1.54, 1.807) is 30.3 Å². The van der Waals surface area contributed by atoms with Crippen molar-refractivity contribution >= 4 is 17.7 Å². The fraction of sp³-hybridized carbons (Fsp3) is 0.625. The standard InChI is InChI=1S/C24H36O10/c1-2-6-22(25)33-19-17-31-15-13-29-11-9-28-10-12-30-14-16-32-18-20-34-24(27)23(26)21-7-4-3-5-8-21/h3-5,7-8H,2,6,9-20H2,1H3. The first-order chi connectivity index (χ1) is 16.6. The lowest BCUT2D eigenvalue weighted by Crippen LogP contribution is -2.20. The van der Waals surface area contributed by atoms with Gasteiger partial charge in [0.05, 0.1) is 66.1 Å². The number of carbonyl (C=O) groups excluding carboxylic acids is 3. The van der Waals surface area contributed by atoms with Crippen molar-refractivity contribution in [1.82, 2.24) is 0 Å². The van der Waals surface area contributed by atoms with Crippen LogP contribution in [0.15, 0.2) is 30.3 Å². The maximum absolute atomic E-state index is 11.8. The van der Waals surface area contributed by atoms with Gasteiger partial charge in [-0.1, -0.05) is 37.3 Å². The molecule has 0 bridgehead atoms. The zero-order valence-corrected chi connectivity index (χ0v) is 19.9. The van der Waals surface area contributed by atoms with Gasteiger partial charge < -0.3 is 33.2 Å². The Morgan fingerprint density at radius 3 is 1.44 bits per heavy atom. The van der Waals surface area contributed by atoms with Gasteiger partial charge in [0.2, 0.25) is 0 Å². The average Bonchev–Trinajstić information content (AvgIpc) is 2.85. The quantitative estimate of drug-likeness (QED) is 0.104. The Morgan fingerprint density at radius 2 is 1.00 bits per heavy atom. The SMILES string of the molecule is CCCC(=O)OCCOCCOCCOCCOCCOCCOC(=O)C(=O)c1ccccc1. The Labute approximate surface area is 200 Å². The molecule has 10 heteroatoms. The van der Waals surface area contributed by atoms with Gasteiger partial charge in [-0.25, -0.2) is 4.79 Å². The summed E-state index contributed by atoms with van der Waals surface area (Å²) in [6.07, 6.45) is 1.21. The number of hydrogen-bond acceptors (Lipinski definition) is 10. The van der Waals surface area contributed by atoms with Crippen LogP contribution in [-0.2, 0) is 42.7 Å². The van der Waals surface area contributed by atoms with Crippen LogP contribution >= 0.6 is 0 Å². The molecular weight excluding hydrogens is 448 g/mol. The van der Waals surface area contributed by atoms with Crippen LogP contribution in [0.2, 0.25) is 0 Å². The zero-order chi connectivity index (χ0) is 24.7. The molecule has 0 atom stereocenters. The highest BCUT2D eigenvalue weighted by Gasteiger charge is 2.17. The van der Waals surface area contributed by atoms with Gasteiger partial charge in [0.15, 0.2) is 0 Å². The van der Waals surface area contributed by atoms with Crippen molar-refractivity contribution < 1.29 is 47.5 Å². The number of benzene rings is 1. The molecule has 0 saturated carbocycles. The van der Waals surface area contributed by atoms with E-state index in [2.05, 4.69) is 0 Å². The minimum absolute atomic E-state index is 0.00201. The molecule has 0 radical (unpaired) electrons. The molecule has 1 aromatic carbocycles. The molecule has 0 aliphatic carbocycles. The molecule has 1 rings (SSSR count). The molecular formula is C24H36O10. The first-order valence-corrected chi connectivity index (χ1v) is 11.5. The highest BCUT2D eigenvalue weighted by Crippen LogP contribution is 2.01. The first-order valence-electron chi connectivity index (χ1n) is 11.5. The summed E-state index contributed by atoms with van der Waals surface area (Å²) in [4.78, 5) is 34.6. The predicted molar refractivity (Wildman–Crippen MR) is 122 cm³/mol. The van der Waals surface area contributed by atoms with E-state index >= 15 is 0 Å². The molecule has 0 heterocycles. The summed E-state index contributed by atoms with van der Waals surface area (Å²) in [6, 6.07) is 8.24. The van der Waals surface area contributed by atoms with Gasteiger partial charge in [0, 0.05) is 12.0 Å². The second-order valence-electron chi connectivity index (χ2n) is 6.86. The summed E-state index contributed by atoms with van der Waals surface area (Å²) >= 11 is 0. The number of hydrogen-bond donors (Lipinski definition) is 0. The molecule has 0 unspecified atom stereocenters. The third-order valence-electron chi connectivity index (χ3n) is 4.12. The summed E-state index contributed by atoms with van der Waals surface area (Å²) in [5, 5.41) is 0. The van der Waals surface area contributed by atoms with Gasteiger partial charge in [0.25, 0.3) is 5.78 Å². The fourth-order valence-corrected chi connectivity index (χ4v) is 2.44. The van der Waals surface area contributed by atoms with Gasteiger partial charge >= 0.3 is 11.9 Å². The molecule has 0 aliphatic heterocycles. The van der Waals surface area contributed by atoms with Crippen molar-refractivity contribution in [3.8, 4) is 0 Å². The Morgan fingerprint density at radius 1 is 0.588 bits per heavy atom. The van der Waals surface area contributed by atoms with E-state index in [4.69, 9.17) is 33.2 Å². The molecule has 0 saturated heterocycles. The van der Waals surface area contributed by atoms with Crippen molar-refractivity contribution in [2.45, 2.75) is 19.8 Å². The number of rotatable bonds is 22. The summed E-state index contributed by atoms with van der Waals surface area (Å²) in [6.45, 7) is 6.05. The lowest BCUT2D eigenvalue weighted by atomic mass is 10.1. The monoisotopic (exact) mass is 484 g/mol. The number of Topliss-reactive ketones (excluding diaryl/α,β-unsaturated/α-hetero) is 1. The Hall–Kier alpha value is -2.37. The van der Waals surface area contributed by atoms with Crippen LogP contribution in [0.1, 0.15) is 30.1 Å². The van der Waals surface area contributed by atoms with Gasteiger partial charge in [-0.15, -0.1) is 0 Å². The lowest BCUT2D eigenvalue weighted by Gasteiger charge is -2.08. The molecule has 0 fully saturated rings.